The number of likely N-dealkylation sites (N-methyl/N-ethyl adjacent to an activating group) is 2. The van der Waals surface area contributed by atoms with Crippen molar-refractivity contribution in [2.75, 3.05) is 33.7 Å². The van der Waals surface area contributed by atoms with Crippen LogP contribution in [0.2, 0.25) is 0 Å². The van der Waals surface area contributed by atoms with Gasteiger partial charge in [0.15, 0.2) is 0 Å². The van der Waals surface area contributed by atoms with Crippen molar-refractivity contribution in [3.05, 3.63) is 34.3 Å². The molecule has 21 heavy (non-hydrogen) atoms. The highest BCUT2D eigenvalue weighted by Crippen LogP contribution is 2.17. The van der Waals surface area contributed by atoms with Gasteiger partial charge in [0.05, 0.1) is 6.54 Å². The topological polar surface area (TPSA) is 35.6 Å². The van der Waals surface area contributed by atoms with Gasteiger partial charge in [-0.3, -0.25) is 9.69 Å². The van der Waals surface area contributed by atoms with Gasteiger partial charge < -0.3 is 10.2 Å². The highest BCUT2D eigenvalue weighted by molar-refractivity contribution is 9.10. The molecule has 0 aliphatic carbocycles. The number of halogens is 2. The first kappa shape index (κ1) is 18.4. The molecule has 1 aliphatic heterocycles. The summed E-state index contributed by atoms with van der Waals surface area (Å²) >= 11 is 3.52. The lowest BCUT2D eigenvalue weighted by molar-refractivity contribution is -0.131. The molecule has 1 unspecified atom stereocenters. The Morgan fingerprint density at radius 1 is 1.38 bits per heavy atom. The second-order valence-electron chi connectivity index (χ2n) is 5.40. The highest BCUT2D eigenvalue weighted by Gasteiger charge is 2.22. The van der Waals surface area contributed by atoms with E-state index in [-0.39, 0.29) is 18.3 Å². The SMILES string of the molecule is CN(Cc1ccccc1Br)C(=O)CN(C)C1CCNC1.Cl. The standard InChI is InChI=1S/C15H22BrN3O.ClH/c1-18(13-7-8-17-9-13)11-15(20)19(2)10-12-5-3-4-6-14(12)16;/h3-6,13,17H,7-11H2,1-2H3;1H. The van der Waals surface area contributed by atoms with Crippen molar-refractivity contribution >= 4 is 34.2 Å². The first-order valence-corrected chi connectivity index (χ1v) is 7.75. The van der Waals surface area contributed by atoms with Gasteiger partial charge in [0.1, 0.15) is 0 Å². The van der Waals surface area contributed by atoms with E-state index in [4.69, 9.17) is 0 Å². The molecule has 2 rings (SSSR count). The van der Waals surface area contributed by atoms with Crippen LogP contribution < -0.4 is 5.32 Å². The number of nitrogens with zero attached hydrogens (tertiary/aromatic N) is 2. The third kappa shape index (κ3) is 5.25. The summed E-state index contributed by atoms with van der Waals surface area (Å²) in [5, 5.41) is 3.33. The van der Waals surface area contributed by atoms with E-state index in [9.17, 15) is 4.79 Å². The Morgan fingerprint density at radius 3 is 2.71 bits per heavy atom. The van der Waals surface area contributed by atoms with Crippen LogP contribution in [0.5, 0.6) is 0 Å². The molecule has 6 heteroatoms. The first-order chi connectivity index (χ1) is 9.58. The van der Waals surface area contributed by atoms with Crippen LogP contribution in [0.3, 0.4) is 0 Å². The Morgan fingerprint density at radius 2 is 2.10 bits per heavy atom. The average Bonchev–Trinajstić information content (AvgIpc) is 2.95. The Bertz CT molecular complexity index is 466. The van der Waals surface area contributed by atoms with E-state index in [0.717, 1.165) is 29.5 Å². The maximum absolute atomic E-state index is 12.3. The van der Waals surface area contributed by atoms with Crippen molar-refractivity contribution < 1.29 is 4.79 Å². The molecule has 0 aromatic heterocycles. The fourth-order valence-corrected chi connectivity index (χ4v) is 2.86. The summed E-state index contributed by atoms with van der Waals surface area (Å²) in [5.41, 5.74) is 1.13. The second kappa shape index (κ2) is 8.73. The maximum atomic E-state index is 12.3. The highest BCUT2D eigenvalue weighted by atomic mass is 79.9. The molecule has 1 aromatic rings. The van der Waals surface area contributed by atoms with E-state index in [2.05, 4.69) is 26.1 Å². The van der Waals surface area contributed by atoms with Crippen LogP contribution >= 0.6 is 28.3 Å². The van der Waals surface area contributed by atoms with Gasteiger partial charge in [0.2, 0.25) is 5.91 Å². The largest absolute Gasteiger partial charge is 0.340 e. The molecular formula is C15H23BrClN3O. The summed E-state index contributed by atoms with van der Waals surface area (Å²) in [6, 6.07) is 8.50. The Labute approximate surface area is 141 Å². The molecule has 1 atom stereocenters. The van der Waals surface area contributed by atoms with Gasteiger partial charge in [-0.15, -0.1) is 12.4 Å². The summed E-state index contributed by atoms with van der Waals surface area (Å²) in [5.74, 6) is 0.162. The minimum absolute atomic E-state index is 0. The molecule has 1 fully saturated rings. The van der Waals surface area contributed by atoms with Crippen LogP contribution in [0.25, 0.3) is 0 Å². The molecule has 1 heterocycles. The van der Waals surface area contributed by atoms with Crippen LogP contribution in [-0.2, 0) is 11.3 Å². The van der Waals surface area contributed by atoms with Crippen LogP contribution in [0.15, 0.2) is 28.7 Å². The van der Waals surface area contributed by atoms with Gasteiger partial charge in [-0.1, -0.05) is 34.1 Å². The number of nitrogens with one attached hydrogen (secondary N) is 1. The van der Waals surface area contributed by atoms with Crippen molar-refractivity contribution in [1.29, 1.82) is 0 Å². The van der Waals surface area contributed by atoms with Gasteiger partial charge in [-0.25, -0.2) is 0 Å². The minimum Gasteiger partial charge on any atom is -0.340 e. The summed E-state index contributed by atoms with van der Waals surface area (Å²) < 4.78 is 1.05. The molecule has 0 spiro atoms. The number of rotatable bonds is 5. The third-order valence-corrected chi connectivity index (χ3v) is 4.61. The molecular weight excluding hydrogens is 354 g/mol. The van der Waals surface area contributed by atoms with Crippen LogP contribution in [0.1, 0.15) is 12.0 Å². The number of carbonyl (C=O) groups excluding carboxylic acids is 1. The zero-order valence-electron chi connectivity index (χ0n) is 12.5. The monoisotopic (exact) mass is 375 g/mol. The number of carbonyl (C=O) groups is 1. The fourth-order valence-electron chi connectivity index (χ4n) is 2.45. The third-order valence-electron chi connectivity index (χ3n) is 3.83. The summed E-state index contributed by atoms with van der Waals surface area (Å²) in [7, 11) is 3.89. The Hall–Kier alpha value is -0.620. The molecule has 1 amide bonds. The van der Waals surface area contributed by atoms with Gasteiger partial charge in [-0.05, 0) is 31.6 Å². The molecule has 0 saturated carbocycles. The Kier molecular flexibility index (Phi) is 7.66. The van der Waals surface area contributed by atoms with E-state index in [0.29, 0.717) is 19.1 Å². The summed E-state index contributed by atoms with van der Waals surface area (Å²) in [6.45, 7) is 3.15. The smallest absolute Gasteiger partial charge is 0.236 e. The van der Waals surface area contributed by atoms with Crippen molar-refractivity contribution in [1.82, 2.24) is 15.1 Å². The van der Waals surface area contributed by atoms with Gasteiger partial charge >= 0.3 is 0 Å². The number of amides is 1. The quantitative estimate of drug-likeness (QED) is 0.855. The van der Waals surface area contributed by atoms with Gasteiger partial charge in [-0.2, -0.15) is 0 Å². The fraction of sp³-hybridized carbons (Fsp3) is 0.533. The lowest BCUT2D eigenvalue weighted by Crippen LogP contribution is -2.42. The predicted molar refractivity (Wildman–Crippen MR) is 91.8 cm³/mol. The number of hydrogen-bond donors (Lipinski definition) is 1. The molecule has 0 radical (unpaired) electrons. The average molecular weight is 377 g/mol. The zero-order chi connectivity index (χ0) is 14.5. The van der Waals surface area contributed by atoms with E-state index >= 15 is 0 Å². The van der Waals surface area contributed by atoms with Gasteiger partial charge in [0.25, 0.3) is 0 Å². The van der Waals surface area contributed by atoms with Crippen molar-refractivity contribution in [2.24, 2.45) is 0 Å². The van der Waals surface area contributed by atoms with Crippen LogP contribution in [-0.4, -0.2) is 55.5 Å². The molecule has 4 nitrogen and oxygen atoms in total. The normalized spacial score (nSPS) is 17.6. The molecule has 118 valence electrons. The molecule has 1 N–H and O–H groups in total. The molecule has 0 bridgehead atoms. The van der Waals surface area contributed by atoms with Crippen molar-refractivity contribution in [3.8, 4) is 0 Å². The summed E-state index contributed by atoms with van der Waals surface area (Å²) in [6.07, 6.45) is 1.12. The number of hydrogen-bond acceptors (Lipinski definition) is 3. The predicted octanol–water partition coefficient (Wildman–Crippen LogP) is 2.12. The molecule has 1 aliphatic rings. The van der Waals surface area contributed by atoms with Crippen molar-refractivity contribution in [3.63, 3.8) is 0 Å². The lowest BCUT2D eigenvalue weighted by Gasteiger charge is -2.26. The maximum Gasteiger partial charge on any atom is 0.236 e. The van der Waals surface area contributed by atoms with Crippen molar-refractivity contribution in [2.45, 2.75) is 19.0 Å². The van der Waals surface area contributed by atoms with E-state index < -0.39 is 0 Å². The van der Waals surface area contributed by atoms with Crippen LogP contribution in [0, 0.1) is 0 Å². The van der Waals surface area contributed by atoms with E-state index in [1.807, 2.05) is 38.4 Å². The van der Waals surface area contributed by atoms with E-state index in [1.165, 1.54) is 0 Å². The molecule has 1 aromatic carbocycles. The minimum atomic E-state index is 0. The van der Waals surface area contributed by atoms with Crippen LogP contribution in [0.4, 0.5) is 0 Å². The number of benzene rings is 1. The molecule has 1 saturated heterocycles. The second-order valence-corrected chi connectivity index (χ2v) is 6.26. The summed E-state index contributed by atoms with van der Waals surface area (Å²) in [4.78, 5) is 16.2. The van der Waals surface area contributed by atoms with E-state index in [1.54, 1.807) is 4.90 Å². The first-order valence-electron chi connectivity index (χ1n) is 6.96. The van der Waals surface area contributed by atoms with Gasteiger partial charge in [0, 0.05) is 30.7 Å². The lowest BCUT2D eigenvalue weighted by atomic mass is 10.2. The zero-order valence-corrected chi connectivity index (χ0v) is 14.9. The Balaban J connectivity index is 0.00000220.